The number of rotatable bonds is 4. The molecule has 13 heteroatoms. The maximum atomic E-state index is 13.8. The maximum absolute atomic E-state index is 13.8. The summed E-state index contributed by atoms with van der Waals surface area (Å²) in [5.41, 5.74) is -1.47. The van der Waals surface area contributed by atoms with E-state index in [9.17, 15) is 37.6 Å². The van der Waals surface area contributed by atoms with E-state index in [-0.39, 0.29) is 25.3 Å². The van der Waals surface area contributed by atoms with Crippen LogP contribution in [0, 0.1) is 16.7 Å². The van der Waals surface area contributed by atoms with Crippen LogP contribution in [0.4, 0.5) is 24.7 Å². The van der Waals surface area contributed by atoms with Gasteiger partial charge in [-0.25, -0.2) is 4.98 Å². The van der Waals surface area contributed by atoms with Gasteiger partial charge in [0.1, 0.15) is 17.9 Å². The van der Waals surface area contributed by atoms with Gasteiger partial charge in [-0.2, -0.15) is 18.4 Å². The number of nitriles is 1. The summed E-state index contributed by atoms with van der Waals surface area (Å²) in [4.78, 5) is 57.1. The highest BCUT2D eigenvalue weighted by molar-refractivity contribution is 6.39. The van der Waals surface area contributed by atoms with Crippen molar-refractivity contribution in [1.29, 1.82) is 5.26 Å². The van der Waals surface area contributed by atoms with Gasteiger partial charge in [0.15, 0.2) is 0 Å². The Bertz CT molecular complexity index is 1410. The highest BCUT2D eigenvalue weighted by atomic mass is 19.4. The molecule has 3 heterocycles. The molecule has 1 fully saturated rings. The number of alkyl halides is 3. The minimum Gasteiger partial charge on any atom is -0.336 e. The van der Waals surface area contributed by atoms with Crippen LogP contribution >= 0.6 is 0 Å². The molecule has 3 atom stereocenters. The molecule has 0 unspecified atom stereocenters. The summed E-state index contributed by atoms with van der Waals surface area (Å²) in [5, 5.41) is 17.1. The lowest BCUT2D eigenvalue weighted by Crippen LogP contribution is -2.53. The van der Waals surface area contributed by atoms with Crippen LogP contribution in [0.5, 0.6) is 0 Å². The highest BCUT2D eigenvalue weighted by Gasteiger charge is 2.56. The van der Waals surface area contributed by atoms with Crippen molar-refractivity contribution in [2.45, 2.75) is 57.3 Å². The van der Waals surface area contributed by atoms with Gasteiger partial charge >= 0.3 is 18.0 Å². The summed E-state index contributed by atoms with van der Waals surface area (Å²) in [7, 11) is 0. The summed E-state index contributed by atoms with van der Waals surface area (Å²) in [6.07, 6.45) is -3.73. The molecule has 2 aliphatic rings. The van der Waals surface area contributed by atoms with Gasteiger partial charge in [0.05, 0.1) is 17.0 Å². The van der Waals surface area contributed by atoms with Gasteiger partial charge in [-0.05, 0) is 35.6 Å². The molecule has 0 bridgehead atoms. The lowest BCUT2D eigenvalue weighted by molar-refractivity contribution is -0.141. The van der Waals surface area contributed by atoms with Crippen molar-refractivity contribution in [2.24, 2.45) is 5.41 Å². The molecule has 2 aromatic rings. The number of nitrogens with zero attached hydrogens (tertiary/aromatic N) is 3. The normalized spacial score (nSPS) is 20.9. The maximum Gasteiger partial charge on any atom is 0.416 e. The molecule has 1 aromatic heterocycles. The van der Waals surface area contributed by atoms with E-state index in [4.69, 9.17) is 0 Å². The van der Waals surface area contributed by atoms with Crippen LogP contribution in [0.2, 0.25) is 0 Å². The lowest BCUT2D eigenvalue weighted by atomic mass is 9.80. The van der Waals surface area contributed by atoms with Gasteiger partial charge < -0.3 is 20.9 Å². The second-order valence-corrected chi connectivity index (χ2v) is 11.1. The average Bonchev–Trinajstić information content (AvgIpc) is 3.40. The first kappa shape index (κ1) is 28.5. The first-order valence-corrected chi connectivity index (χ1v) is 12.4. The van der Waals surface area contributed by atoms with Crippen LogP contribution in [0.25, 0.3) is 0 Å². The number of nitrogens with one attached hydrogen (secondary N) is 3. The Balaban J connectivity index is 1.55. The number of carbonyl (C=O) groups excluding carboxylic acids is 4. The van der Waals surface area contributed by atoms with Crippen molar-refractivity contribution < 1.29 is 32.3 Å². The highest BCUT2D eigenvalue weighted by Crippen LogP contribution is 2.46. The van der Waals surface area contributed by atoms with Gasteiger partial charge in [0.2, 0.25) is 11.8 Å². The van der Waals surface area contributed by atoms with Crippen molar-refractivity contribution in [3.63, 3.8) is 0 Å². The zero-order chi connectivity index (χ0) is 29.5. The van der Waals surface area contributed by atoms with Gasteiger partial charge in [0.25, 0.3) is 0 Å². The van der Waals surface area contributed by atoms with E-state index in [1.54, 1.807) is 45.0 Å². The molecule has 1 spiro atoms. The molecule has 40 heavy (non-hydrogen) atoms. The number of amides is 4. The van der Waals surface area contributed by atoms with Gasteiger partial charge in [-0.3, -0.25) is 19.2 Å². The second-order valence-electron chi connectivity index (χ2n) is 11.1. The fourth-order valence-corrected chi connectivity index (χ4v) is 5.07. The molecule has 210 valence electrons. The molecule has 0 saturated carbocycles. The molecule has 0 radical (unpaired) electrons. The van der Waals surface area contributed by atoms with Crippen LogP contribution in [0.3, 0.4) is 0 Å². The Hall–Kier alpha value is -4.47. The first-order valence-electron chi connectivity index (χ1n) is 12.4. The number of likely N-dealkylation sites (tertiary alicyclic amines) is 1. The van der Waals surface area contributed by atoms with Gasteiger partial charge in [-0.1, -0.05) is 39.0 Å². The fourth-order valence-electron chi connectivity index (χ4n) is 5.07. The molecular weight excluding hydrogens is 529 g/mol. The number of carbonyl (C=O) groups is 4. The zero-order valence-electron chi connectivity index (χ0n) is 21.9. The molecular formula is C27H27F3N6O4. The van der Waals surface area contributed by atoms with E-state index >= 15 is 0 Å². The Kier molecular flexibility index (Phi) is 7.32. The smallest absolute Gasteiger partial charge is 0.336 e. The summed E-state index contributed by atoms with van der Waals surface area (Å²) in [6, 6.07) is 8.13. The summed E-state index contributed by atoms with van der Waals surface area (Å²) >= 11 is 0. The van der Waals surface area contributed by atoms with Crippen molar-refractivity contribution in [3.05, 3.63) is 53.7 Å². The van der Waals surface area contributed by atoms with Crippen molar-refractivity contribution in [1.82, 2.24) is 15.2 Å². The number of anilines is 2. The number of halogens is 3. The van der Waals surface area contributed by atoms with Crippen LogP contribution in [-0.2, 0) is 30.8 Å². The number of hydrogen-bond donors (Lipinski definition) is 3. The van der Waals surface area contributed by atoms with Crippen LogP contribution in [-0.4, -0.2) is 52.1 Å². The van der Waals surface area contributed by atoms with Crippen LogP contribution in [0.1, 0.15) is 44.7 Å². The first-order chi connectivity index (χ1) is 18.6. The number of aromatic nitrogens is 1. The predicted molar refractivity (Wildman–Crippen MR) is 136 cm³/mol. The summed E-state index contributed by atoms with van der Waals surface area (Å²) in [5.74, 6) is -4.08. The average molecular weight is 557 g/mol. The molecule has 4 rings (SSSR count). The fraction of sp³-hybridized carbons (Fsp3) is 0.407. The van der Waals surface area contributed by atoms with Gasteiger partial charge in [0, 0.05) is 24.8 Å². The van der Waals surface area contributed by atoms with E-state index in [0.29, 0.717) is 23.4 Å². The van der Waals surface area contributed by atoms with Crippen molar-refractivity contribution >= 4 is 35.1 Å². The van der Waals surface area contributed by atoms with Crippen LogP contribution in [0.15, 0.2) is 42.6 Å². The van der Waals surface area contributed by atoms with Crippen molar-refractivity contribution in [2.75, 3.05) is 17.2 Å². The SMILES string of the molecule is CC(C)(C)C[C@H](NC(=O)C(=O)Nc1cc(C(F)(F)F)ccn1)C(=O)N1C[C@]2(C[C@H]1C#N)C(=O)Nc1ccccc12. The molecule has 1 saturated heterocycles. The Morgan fingerprint density at radius 1 is 1.20 bits per heavy atom. The van der Waals surface area contributed by atoms with E-state index in [1.807, 2.05) is 5.32 Å². The minimum atomic E-state index is -4.68. The topological polar surface area (TPSA) is 144 Å². The molecule has 2 aliphatic heterocycles. The second kappa shape index (κ2) is 10.3. The molecule has 10 nitrogen and oxygen atoms in total. The minimum absolute atomic E-state index is 0.0516. The van der Waals surface area contributed by atoms with E-state index < -0.39 is 58.2 Å². The Morgan fingerprint density at radius 3 is 2.55 bits per heavy atom. The molecule has 1 aromatic carbocycles. The van der Waals surface area contributed by atoms with E-state index in [2.05, 4.69) is 21.7 Å². The number of pyridine rings is 1. The molecule has 3 N–H and O–H groups in total. The molecule has 4 amide bonds. The summed E-state index contributed by atoms with van der Waals surface area (Å²) < 4.78 is 39.0. The standard InChI is InChI=1S/C27H27F3N6O4/c1-25(2,3)12-19(33-21(37)22(38)35-20-10-15(8-9-32-20)27(28,29)30)23(39)36-14-26(11-16(36)13-31)17-6-4-5-7-18(17)34-24(26)40/h4-10,16,19H,11-12,14H2,1-3H3,(H,33,37)(H,34,40)(H,32,35,38)/t16-,19-,26-/m0/s1. The predicted octanol–water partition coefficient (Wildman–Crippen LogP) is 2.97. The lowest BCUT2D eigenvalue weighted by Gasteiger charge is -2.31. The Labute approximate surface area is 227 Å². The van der Waals surface area contributed by atoms with E-state index in [0.717, 1.165) is 6.20 Å². The third-order valence-corrected chi connectivity index (χ3v) is 6.87. The quantitative estimate of drug-likeness (QED) is 0.494. The number of fused-ring (bicyclic) bond motifs is 2. The third kappa shape index (κ3) is 5.61. The number of para-hydroxylation sites is 1. The molecule has 0 aliphatic carbocycles. The Morgan fingerprint density at radius 2 is 1.90 bits per heavy atom. The van der Waals surface area contributed by atoms with Crippen molar-refractivity contribution in [3.8, 4) is 6.07 Å². The summed E-state index contributed by atoms with van der Waals surface area (Å²) in [6.45, 7) is 5.31. The number of benzene rings is 1. The largest absolute Gasteiger partial charge is 0.416 e. The zero-order valence-corrected chi connectivity index (χ0v) is 21.9. The number of hydrogen-bond acceptors (Lipinski definition) is 6. The van der Waals surface area contributed by atoms with Crippen LogP contribution < -0.4 is 16.0 Å². The van der Waals surface area contributed by atoms with E-state index in [1.165, 1.54) is 4.90 Å². The third-order valence-electron chi connectivity index (χ3n) is 6.87. The monoisotopic (exact) mass is 556 g/mol. The van der Waals surface area contributed by atoms with Gasteiger partial charge in [-0.15, -0.1) is 0 Å².